The maximum absolute atomic E-state index is 6.05. The van der Waals surface area contributed by atoms with Gasteiger partial charge in [0.1, 0.15) is 0 Å². The van der Waals surface area contributed by atoms with Crippen LogP contribution in [0.2, 0.25) is 10.0 Å². The Kier molecular flexibility index (Phi) is 5.81. The fourth-order valence-electron chi connectivity index (χ4n) is 4.06. The fourth-order valence-corrected chi connectivity index (χ4v) is 4.31. The summed E-state index contributed by atoms with van der Waals surface area (Å²) < 4.78 is 0. The zero-order valence-corrected chi connectivity index (χ0v) is 18.8. The van der Waals surface area contributed by atoms with E-state index in [1.165, 1.54) is 32.7 Å². The molecule has 0 heterocycles. The Bertz CT molecular complexity index is 1290. The predicted octanol–water partition coefficient (Wildman–Crippen LogP) is 9.64. The van der Waals surface area contributed by atoms with Crippen LogP contribution in [0.15, 0.2) is 97.1 Å². The van der Waals surface area contributed by atoms with Crippen LogP contribution in [0.5, 0.6) is 0 Å². The minimum absolute atomic E-state index is 0.745. The first-order valence-corrected chi connectivity index (χ1v) is 11.3. The second kappa shape index (κ2) is 9.04. The molecule has 0 spiro atoms. The van der Waals surface area contributed by atoms with E-state index in [2.05, 4.69) is 72.8 Å². The van der Waals surface area contributed by atoms with Crippen molar-refractivity contribution in [2.24, 2.45) is 0 Å². The molecule has 5 aromatic rings. The number of benzene rings is 5. The van der Waals surface area contributed by atoms with Gasteiger partial charge in [-0.2, -0.15) is 0 Å². The van der Waals surface area contributed by atoms with Crippen molar-refractivity contribution < 1.29 is 0 Å². The molecule has 0 fully saturated rings. The summed E-state index contributed by atoms with van der Waals surface area (Å²) in [6, 6.07) is 33.0. The Morgan fingerprint density at radius 3 is 1.00 bits per heavy atom. The zero-order valence-electron chi connectivity index (χ0n) is 17.3. The first-order chi connectivity index (χ1) is 15.7. The highest BCUT2D eigenvalue weighted by Gasteiger charge is 2.10. The third-order valence-electron chi connectivity index (χ3n) is 5.64. The summed E-state index contributed by atoms with van der Waals surface area (Å²) in [7, 11) is 0. The van der Waals surface area contributed by atoms with E-state index < -0.39 is 0 Å². The summed E-state index contributed by atoms with van der Waals surface area (Å²) in [5.41, 5.74) is 4.67. The lowest BCUT2D eigenvalue weighted by atomic mass is 9.91. The van der Waals surface area contributed by atoms with Gasteiger partial charge in [-0.25, -0.2) is 0 Å². The minimum Gasteiger partial charge on any atom is -0.0843 e. The van der Waals surface area contributed by atoms with Gasteiger partial charge in [-0.05, 0) is 68.1 Å². The maximum Gasteiger partial charge on any atom is 0.0406 e. The van der Waals surface area contributed by atoms with Crippen LogP contribution in [-0.2, 0) is 0 Å². The molecule has 32 heavy (non-hydrogen) atoms. The largest absolute Gasteiger partial charge is 0.0843 e. The van der Waals surface area contributed by atoms with Crippen LogP contribution >= 0.6 is 23.2 Å². The molecule has 2 heteroatoms. The summed E-state index contributed by atoms with van der Waals surface area (Å²) in [5.74, 6) is 0. The Hall–Kier alpha value is -3.32. The molecular formula is C30H20Cl2. The van der Waals surface area contributed by atoms with Crippen LogP contribution in [0.25, 0.3) is 45.8 Å². The number of fused-ring (bicyclic) bond motifs is 2. The molecule has 0 amide bonds. The van der Waals surface area contributed by atoms with Crippen molar-refractivity contribution in [1.82, 2.24) is 0 Å². The zero-order chi connectivity index (χ0) is 21.9. The molecule has 0 aromatic heterocycles. The second-order valence-corrected chi connectivity index (χ2v) is 8.56. The van der Waals surface area contributed by atoms with Gasteiger partial charge in [0, 0.05) is 10.0 Å². The lowest BCUT2D eigenvalue weighted by molar-refractivity contribution is 1.66. The molecule has 0 saturated heterocycles. The molecule has 5 rings (SSSR count). The van der Waals surface area contributed by atoms with Crippen LogP contribution in [0.1, 0.15) is 22.3 Å². The lowest BCUT2D eigenvalue weighted by Gasteiger charge is -2.13. The van der Waals surface area contributed by atoms with Gasteiger partial charge in [0.2, 0.25) is 0 Å². The van der Waals surface area contributed by atoms with E-state index in [0.717, 1.165) is 21.2 Å². The quantitative estimate of drug-likeness (QED) is 0.188. The first kappa shape index (κ1) is 20.6. The van der Waals surface area contributed by atoms with Crippen molar-refractivity contribution in [2.75, 3.05) is 0 Å². The smallest absolute Gasteiger partial charge is 0.0406 e. The molecule has 0 nitrogen and oxygen atoms in total. The first-order valence-electron chi connectivity index (χ1n) is 10.5. The SMILES string of the molecule is Clc1ccc(/C=C/c2c3ccccc3c(/C=C/c3ccc(Cl)cc3)c3ccccc23)cc1. The predicted molar refractivity (Wildman–Crippen MR) is 142 cm³/mol. The molecule has 0 radical (unpaired) electrons. The molecule has 0 bridgehead atoms. The topological polar surface area (TPSA) is 0 Å². The van der Waals surface area contributed by atoms with Gasteiger partial charge >= 0.3 is 0 Å². The average Bonchev–Trinajstić information content (AvgIpc) is 2.83. The Labute approximate surface area is 198 Å². The molecule has 0 unspecified atom stereocenters. The van der Waals surface area contributed by atoms with E-state index in [0.29, 0.717) is 0 Å². The highest BCUT2D eigenvalue weighted by molar-refractivity contribution is 6.30. The molecule has 0 aliphatic rings. The van der Waals surface area contributed by atoms with Crippen molar-refractivity contribution in [3.05, 3.63) is 129 Å². The maximum atomic E-state index is 6.05. The van der Waals surface area contributed by atoms with Gasteiger partial charge in [0.05, 0.1) is 0 Å². The van der Waals surface area contributed by atoms with E-state index in [-0.39, 0.29) is 0 Å². The lowest BCUT2D eigenvalue weighted by Crippen LogP contribution is -1.88. The van der Waals surface area contributed by atoms with Crippen LogP contribution in [0, 0.1) is 0 Å². The standard InChI is InChI=1S/C30H20Cl2/c31-23-15-9-21(10-16-23)13-19-29-25-5-1-2-6-26(25)30(28-8-4-3-7-27(28)29)20-14-22-11-17-24(32)18-12-22/h1-20H/b19-13+,20-14+. The van der Waals surface area contributed by atoms with Crippen LogP contribution in [-0.4, -0.2) is 0 Å². The molecule has 0 N–H and O–H groups in total. The average molecular weight is 451 g/mol. The summed E-state index contributed by atoms with van der Waals surface area (Å²) in [6.45, 7) is 0. The van der Waals surface area contributed by atoms with Crippen LogP contribution < -0.4 is 0 Å². The number of hydrogen-bond donors (Lipinski definition) is 0. The van der Waals surface area contributed by atoms with Crippen molar-refractivity contribution in [1.29, 1.82) is 0 Å². The van der Waals surface area contributed by atoms with Crippen LogP contribution in [0.3, 0.4) is 0 Å². The summed E-state index contributed by atoms with van der Waals surface area (Å²) >= 11 is 12.1. The van der Waals surface area contributed by atoms with Gasteiger partial charge in [-0.3, -0.25) is 0 Å². The summed E-state index contributed by atoms with van der Waals surface area (Å²) in [6.07, 6.45) is 8.71. The second-order valence-electron chi connectivity index (χ2n) is 7.69. The van der Waals surface area contributed by atoms with Gasteiger partial charge < -0.3 is 0 Å². The Morgan fingerprint density at radius 1 is 0.375 bits per heavy atom. The van der Waals surface area contributed by atoms with E-state index >= 15 is 0 Å². The third kappa shape index (κ3) is 4.21. The molecular weight excluding hydrogens is 431 g/mol. The van der Waals surface area contributed by atoms with Crippen molar-refractivity contribution in [3.8, 4) is 0 Å². The summed E-state index contributed by atoms with van der Waals surface area (Å²) in [5, 5.41) is 6.41. The molecule has 0 aliphatic heterocycles. The van der Waals surface area contributed by atoms with E-state index in [9.17, 15) is 0 Å². The fraction of sp³-hybridized carbons (Fsp3) is 0. The van der Waals surface area contributed by atoms with Crippen molar-refractivity contribution in [3.63, 3.8) is 0 Å². The van der Waals surface area contributed by atoms with Crippen molar-refractivity contribution >= 4 is 69.1 Å². The molecule has 0 saturated carbocycles. The number of rotatable bonds is 4. The number of hydrogen-bond acceptors (Lipinski definition) is 0. The van der Waals surface area contributed by atoms with E-state index in [4.69, 9.17) is 23.2 Å². The highest BCUT2D eigenvalue weighted by Crippen LogP contribution is 2.35. The molecule has 0 atom stereocenters. The normalized spacial score (nSPS) is 11.8. The van der Waals surface area contributed by atoms with Gasteiger partial charge in [0.25, 0.3) is 0 Å². The Morgan fingerprint density at radius 2 is 0.688 bits per heavy atom. The highest BCUT2D eigenvalue weighted by atomic mass is 35.5. The van der Waals surface area contributed by atoms with E-state index in [1.807, 2.05) is 48.5 Å². The van der Waals surface area contributed by atoms with Crippen molar-refractivity contribution in [2.45, 2.75) is 0 Å². The van der Waals surface area contributed by atoms with Crippen LogP contribution in [0.4, 0.5) is 0 Å². The van der Waals surface area contributed by atoms with Gasteiger partial charge in [0.15, 0.2) is 0 Å². The summed E-state index contributed by atoms with van der Waals surface area (Å²) in [4.78, 5) is 0. The molecule has 0 aliphatic carbocycles. The minimum atomic E-state index is 0.745. The third-order valence-corrected chi connectivity index (χ3v) is 6.14. The monoisotopic (exact) mass is 450 g/mol. The molecule has 154 valence electrons. The van der Waals surface area contributed by atoms with E-state index in [1.54, 1.807) is 0 Å². The number of halogens is 2. The van der Waals surface area contributed by atoms with Gasteiger partial charge in [-0.15, -0.1) is 0 Å². The van der Waals surface area contributed by atoms with Gasteiger partial charge in [-0.1, -0.05) is 120 Å². The Balaban J connectivity index is 1.70. The molecule has 5 aromatic carbocycles.